The number of aromatic nitrogens is 1. The van der Waals surface area contributed by atoms with Gasteiger partial charge in [0.05, 0.1) is 26.3 Å². The lowest BCUT2D eigenvalue weighted by Crippen LogP contribution is -2.23. The first-order chi connectivity index (χ1) is 9.26. The fraction of sp³-hybridized carbons (Fsp3) is 0.231. The fourth-order valence-corrected chi connectivity index (χ4v) is 2.21. The van der Waals surface area contributed by atoms with Gasteiger partial charge in [-0.1, -0.05) is 6.07 Å². The predicted molar refractivity (Wildman–Crippen MR) is 72.8 cm³/mol. The molecule has 0 atom stereocenters. The monoisotopic (exact) mass is 278 g/mol. The molecular weight excluding hydrogens is 264 g/mol. The van der Waals surface area contributed by atoms with Crippen molar-refractivity contribution in [1.29, 1.82) is 0 Å². The van der Waals surface area contributed by atoms with Crippen LogP contribution in [0.5, 0.6) is 11.5 Å². The minimum atomic E-state index is -0.217. The molecule has 2 aromatic rings. The number of methoxy groups -OCH3 is 2. The van der Waals surface area contributed by atoms with E-state index < -0.39 is 0 Å². The van der Waals surface area contributed by atoms with E-state index in [4.69, 9.17) is 9.47 Å². The second kappa shape index (κ2) is 6.19. The zero-order valence-corrected chi connectivity index (χ0v) is 11.5. The minimum absolute atomic E-state index is 0.217. The van der Waals surface area contributed by atoms with Crippen LogP contribution in [-0.4, -0.2) is 25.1 Å². The molecule has 0 saturated carbocycles. The molecule has 0 fully saturated rings. The van der Waals surface area contributed by atoms with Crippen molar-refractivity contribution < 1.29 is 14.3 Å². The molecule has 0 aliphatic carbocycles. The van der Waals surface area contributed by atoms with Gasteiger partial charge in [-0.3, -0.25) is 4.79 Å². The number of rotatable bonds is 5. The number of nitrogens with zero attached hydrogens (tertiary/aromatic N) is 1. The van der Waals surface area contributed by atoms with Gasteiger partial charge in [0.1, 0.15) is 5.01 Å². The Kier molecular flexibility index (Phi) is 4.35. The van der Waals surface area contributed by atoms with Gasteiger partial charge >= 0.3 is 0 Å². The topological polar surface area (TPSA) is 60.5 Å². The van der Waals surface area contributed by atoms with E-state index in [1.165, 1.54) is 25.6 Å². The number of amides is 1. The van der Waals surface area contributed by atoms with Crippen molar-refractivity contribution in [3.8, 4) is 11.5 Å². The van der Waals surface area contributed by atoms with Crippen LogP contribution in [0.25, 0.3) is 0 Å². The van der Waals surface area contributed by atoms with E-state index in [9.17, 15) is 4.79 Å². The van der Waals surface area contributed by atoms with Crippen molar-refractivity contribution in [2.45, 2.75) is 6.54 Å². The molecule has 1 N–H and O–H groups in total. The summed E-state index contributed by atoms with van der Waals surface area (Å²) in [5, 5.41) is 5.53. The molecule has 0 spiro atoms. The van der Waals surface area contributed by atoms with E-state index in [-0.39, 0.29) is 5.91 Å². The first-order valence-corrected chi connectivity index (χ1v) is 6.51. The zero-order chi connectivity index (χ0) is 13.7. The van der Waals surface area contributed by atoms with Crippen LogP contribution in [0.4, 0.5) is 0 Å². The molecular formula is C13H14N2O3S. The highest BCUT2D eigenvalue weighted by atomic mass is 32.1. The summed E-state index contributed by atoms with van der Waals surface area (Å²) in [5.74, 6) is 0.747. The van der Waals surface area contributed by atoms with E-state index in [2.05, 4.69) is 10.3 Å². The normalized spacial score (nSPS) is 10.0. The maximum absolute atomic E-state index is 12.1. The standard InChI is InChI=1S/C13H14N2O3S/c1-17-10-5-3-4-9(12(10)18-2)13(16)15-8-11-14-6-7-19-11/h3-7H,8H2,1-2H3,(H,15,16). The molecule has 0 radical (unpaired) electrons. The van der Waals surface area contributed by atoms with Crippen LogP contribution in [0.2, 0.25) is 0 Å². The summed E-state index contributed by atoms with van der Waals surface area (Å²) in [5.41, 5.74) is 0.443. The van der Waals surface area contributed by atoms with E-state index >= 15 is 0 Å². The third-order valence-electron chi connectivity index (χ3n) is 2.53. The van der Waals surface area contributed by atoms with Gasteiger partial charge in [-0.25, -0.2) is 4.98 Å². The molecule has 0 bridgehead atoms. The van der Waals surface area contributed by atoms with Crippen molar-refractivity contribution in [1.82, 2.24) is 10.3 Å². The lowest BCUT2D eigenvalue weighted by Gasteiger charge is -2.12. The number of carbonyl (C=O) groups excluding carboxylic acids is 1. The number of thiazole rings is 1. The van der Waals surface area contributed by atoms with Crippen LogP contribution in [0, 0.1) is 0 Å². The summed E-state index contributed by atoms with van der Waals surface area (Å²) >= 11 is 1.50. The summed E-state index contributed by atoms with van der Waals surface area (Å²) in [6, 6.07) is 5.19. The van der Waals surface area contributed by atoms with Gasteiger partial charge in [0.15, 0.2) is 11.5 Å². The molecule has 6 heteroatoms. The number of benzene rings is 1. The molecule has 19 heavy (non-hydrogen) atoms. The molecule has 0 aliphatic rings. The number of carbonyl (C=O) groups is 1. The van der Waals surface area contributed by atoms with E-state index in [1.807, 2.05) is 5.38 Å². The number of hydrogen-bond acceptors (Lipinski definition) is 5. The highest BCUT2D eigenvalue weighted by Crippen LogP contribution is 2.30. The first-order valence-electron chi connectivity index (χ1n) is 5.63. The van der Waals surface area contributed by atoms with Gasteiger partial charge < -0.3 is 14.8 Å². The highest BCUT2D eigenvalue weighted by Gasteiger charge is 2.16. The van der Waals surface area contributed by atoms with Crippen molar-refractivity contribution in [3.05, 3.63) is 40.3 Å². The smallest absolute Gasteiger partial charge is 0.255 e. The predicted octanol–water partition coefficient (Wildman–Crippen LogP) is 2.09. The second-order valence-corrected chi connectivity index (χ2v) is 4.63. The van der Waals surface area contributed by atoms with E-state index in [0.717, 1.165) is 5.01 Å². The third kappa shape index (κ3) is 3.03. The summed E-state index contributed by atoms with van der Waals surface area (Å²) in [4.78, 5) is 16.2. The maximum atomic E-state index is 12.1. The SMILES string of the molecule is COc1cccc(C(=O)NCc2nccs2)c1OC. The van der Waals surface area contributed by atoms with Crippen molar-refractivity contribution in [3.63, 3.8) is 0 Å². The number of ether oxygens (including phenoxy) is 2. The molecule has 0 saturated heterocycles. The Morgan fingerprint density at radius 3 is 2.84 bits per heavy atom. The van der Waals surface area contributed by atoms with Gasteiger partial charge in [0.25, 0.3) is 5.91 Å². The summed E-state index contributed by atoms with van der Waals surface area (Å²) in [6.07, 6.45) is 1.71. The Morgan fingerprint density at radius 1 is 1.37 bits per heavy atom. The Hall–Kier alpha value is -2.08. The molecule has 1 aromatic carbocycles. The molecule has 1 aromatic heterocycles. The van der Waals surface area contributed by atoms with Crippen molar-refractivity contribution in [2.75, 3.05) is 14.2 Å². The maximum Gasteiger partial charge on any atom is 0.255 e. The van der Waals surface area contributed by atoms with Crippen LogP contribution in [0.15, 0.2) is 29.8 Å². The molecule has 100 valence electrons. The molecule has 5 nitrogen and oxygen atoms in total. The number of nitrogens with one attached hydrogen (secondary N) is 1. The van der Waals surface area contributed by atoms with Gasteiger partial charge in [-0.15, -0.1) is 11.3 Å². The van der Waals surface area contributed by atoms with E-state index in [0.29, 0.717) is 23.6 Å². The van der Waals surface area contributed by atoms with Gasteiger partial charge in [-0.2, -0.15) is 0 Å². The lowest BCUT2D eigenvalue weighted by atomic mass is 10.1. The van der Waals surface area contributed by atoms with E-state index in [1.54, 1.807) is 24.4 Å². The van der Waals surface area contributed by atoms with Crippen LogP contribution < -0.4 is 14.8 Å². The molecule has 2 rings (SSSR count). The fourth-order valence-electron chi connectivity index (χ4n) is 1.66. The highest BCUT2D eigenvalue weighted by molar-refractivity contribution is 7.09. The quantitative estimate of drug-likeness (QED) is 0.909. The average Bonchev–Trinajstić information content (AvgIpc) is 2.97. The largest absolute Gasteiger partial charge is 0.493 e. The van der Waals surface area contributed by atoms with Gasteiger partial charge in [0, 0.05) is 11.6 Å². The number of para-hydroxylation sites is 1. The average molecular weight is 278 g/mol. The van der Waals surface area contributed by atoms with Crippen LogP contribution >= 0.6 is 11.3 Å². The zero-order valence-electron chi connectivity index (χ0n) is 10.7. The Labute approximate surface area is 115 Å². The third-order valence-corrected chi connectivity index (χ3v) is 3.31. The van der Waals surface area contributed by atoms with Gasteiger partial charge in [0.2, 0.25) is 0 Å². The first kappa shape index (κ1) is 13.4. The second-order valence-electron chi connectivity index (χ2n) is 3.65. The van der Waals surface area contributed by atoms with Crippen molar-refractivity contribution >= 4 is 17.2 Å². The van der Waals surface area contributed by atoms with Crippen LogP contribution in [0.1, 0.15) is 15.4 Å². The summed E-state index contributed by atoms with van der Waals surface area (Å²) in [6.45, 7) is 0.400. The Balaban J connectivity index is 2.14. The molecule has 1 amide bonds. The van der Waals surface area contributed by atoms with Crippen LogP contribution in [0.3, 0.4) is 0 Å². The number of hydrogen-bond donors (Lipinski definition) is 1. The molecule has 0 aliphatic heterocycles. The lowest BCUT2D eigenvalue weighted by molar-refractivity contribution is 0.0947. The minimum Gasteiger partial charge on any atom is -0.493 e. The summed E-state index contributed by atoms with van der Waals surface area (Å²) in [7, 11) is 3.05. The van der Waals surface area contributed by atoms with Crippen LogP contribution in [-0.2, 0) is 6.54 Å². The van der Waals surface area contributed by atoms with Crippen molar-refractivity contribution in [2.24, 2.45) is 0 Å². The Bertz CT molecular complexity index is 555. The molecule has 0 unspecified atom stereocenters. The Morgan fingerprint density at radius 2 is 2.21 bits per heavy atom. The summed E-state index contributed by atoms with van der Waals surface area (Å²) < 4.78 is 10.4. The molecule has 1 heterocycles. The van der Waals surface area contributed by atoms with Gasteiger partial charge in [-0.05, 0) is 12.1 Å².